The van der Waals surface area contributed by atoms with Gasteiger partial charge >= 0.3 is 12.1 Å². The number of carbonyl (C=O) groups is 2. The summed E-state index contributed by atoms with van der Waals surface area (Å²) in [7, 11) is 1.31. The molecule has 0 bridgehead atoms. The van der Waals surface area contributed by atoms with Crippen molar-refractivity contribution in [3.63, 3.8) is 0 Å². The minimum Gasteiger partial charge on any atom is -0.467 e. The summed E-state index contributed by atoms with van der Waals surface area (Å²) in [6.07, 6.45) is 0.0328. The molecular formula is C11H21N2O4+. The number of nitrogens with zero attached hydrogens (tertiary/aromatic N) is 1. The number of rotatable bonds is 1. The lowest BCUT2D eigenvalue weighted by atomic mass is 10.2. The zero-order valence-corrected chi connectivity index (χ0v) is 10.9. The third-order valence-corrected chi connectivity index (χ3v) is 2.49. The Balaban J connectivity index is 2.73. The summed E-state index contributed by atoms with van der Waals surface area (Å²) in [5.74, 6) is -0.415. The molecule has 98 valence electrons. The Morgan fingerprint density at radius 3 is 2.41 bits per heavy atom. The normalized spacial score (nSPS) is 24.6. The minimum absolute atomic E-state index is 0.0339. The SMILES string of the molecule is COC(=O)[C@H]1C[C@@H]([NH3+])CN1C(=O)OC(C)(C)C. The zero-order valence-electron chi connectivity index (χ0n) is 10.9. The first-order valence-corrected chi connectivity index (χ1v) is 5.65. The zero-order chi connectivity index (χ0) is 13.2. The molecule has 17 heavy (non-hydrogen) atoms. The van der Waals surface area contributed by atoms with E-state index in [-0.39, 0.29) is 6.04 Å². The van der Waals surface area contributed by atoms with Gasteiger partial charge in [-0.3, -0.25) is 4.90 Å². The summed E-state index contributed by atoms with van der Waals surface area (Å²) in [5.41, 5.74) is 3.30. The summed E-state index contributed by atoms with van der Waals surface area (Å²) in [6.45, 7) is 5.79. The van der Waals surface area contributed by atoms with E-state index in [1.54, 1.807) is 20.8 Å². The molecule has 0 aromatic heterocycles. The number of likely N-dealkylation sites (tertiary alicyclic amines) is 1. The molecule has 0 saturated carbocycles. The van der Waals surface area contributed by atoms with Crippen LogP contribution in [-0.2, 0) is 14.3 Å². The summed E-state index contributed by atoms with van der Waals surface area (Å²) in [6, 6.07) is -0.538. The first kappa shape index (κ1) is 13.8. The maximum Gasteiger partial charge on any atom is 0.411 e. The average molecular weight is 245 g/mol. The van der Waals surface area contributed by atoms with E-state index in [4.69, 9.17) is 4.74 Å². The number of hydrogen-bond donors (Lipinski definition) is 1. The molecule has 2 atom stereocenters. The van der Waals surface area contributed by atoms with Gasteiger partial charge in [0, 0.05) is 6.42 Å². The summed E-state index contributed by atoms with van der Waals surface area (Å²) >= 11 is 0. The van der Waals surface area contributed by atoms with E-state index in [0.29, 0.717) is 13.0 Å². The lowest BCUT2D eigenvalue weighted by Crippen LogP contribution is -2.62. The number of esters is 1. The van der Waals surface area contributed by atoms with Crippen molar-refractivity contribution in [1.82, 2.24) is 4.90 Å². The number of methoxy groups -OCH3 is 1. The van der Waals surface area contributed by atoms with Gasteiger partial charge in [-0.05, 0) is 20.8 Å². The van der Waals surface area contributed by atoms with Crippen LogP contribution in [0.2, 0.25) is 0 Å². The fourth-order valence-corrected chi connectivity index (χ4v) is 1.80. The highest BCUT2D eigenvalue weighted by Crippen LogP contribution is 2.20. The molecule has 3 N–H and O–H groups in total. The molecule has 0 aromatic rings. The van der Waals surface area contributed by atoms with Crippen molar-refractivity contribution >= 4 is 12.1 Å². The molecule has 0 unspecified atom stereocenters. The monoisotopic (exact) mass is 245 g/mol. The molecule has 0 aliphatic carbocycles. The quantitative estimate of drug-likeness (QED) is 0.647. The highest BCUT2D eigenvalue weighted by molar-refractivity contribution is 5.82. The van der Waals surface area contributed by atoms with Crippen molar-refractivity contribution in [2.24, 2.45) is 0 Å². The molecular weight excluding hydrogens is 224 g/mol. The Kier molecular flexibility index (Phi) is 3.98. The van der Waals surface area contributed by atoms with Crippen LogP contribution in [0.15, 0.2) is 0 Å². The fourth-order valence-electron chi connectivity index (χ4n) is 1.80. The third kappa shape index (κ3) is 3.59. The van der Waals surface area contributed by atoms with Gasteiger partial charge in [0.2, 0.25) is 0 Å². The maximum absolute atomic E-state index is 11.9. The van der Waals surface area contributed by atoms with Crippen LogP contribution in [-0.4, -0.2) is 48.3 Å². The van der Waals surface area contributed by atoms with Crippen molar-refractivity contribution in [3.8, 4) is 0 Å². The third-order valence-electron chi connectivity index (χ3n) is 2.49. The van der Waals surface area contributed by atoms with E-state index < -0.39 is 23.7 Å². The Morgan fingerprint density at radius 2 is 1.94 bits per heavy atom. The number of quaternary nitrogens is 1. The van der Waals surface area contributed by atoms with Gasteiger partial charge in [0.25, 0.3) is 0 Å². The second-order valence-corrected chi connectivity index (χ2v) is 5.27. The van der Waals surface area contributed by atoms with E-state index in [9.17, 15) is 9.59 Å². The van der Waals surface area contributed by atoms with Gasteiger partial charge in [-0.1, -0.05) is 0 Å². The highest BCUT2D eigenvalue weighted by Gasteiger charge is 2.42. The second kappa shape index (κ2) is 4.91. The van der Waals surface area contributed by atoms with Gasteiger partial charge in [0.1, 0.15) is 17.7 Å². The van der Waals surface area contributed by atoms with Crippen LogP contribution in [0.5, 0.6) is 0 Å². The predicted octanol–water partition coefficient (Wildman–Crippen LogP) is -0.221. The molecule has 1 saturated heterocycles. The van der Waals surface area contributed by atoms with Crippen molar-refractivity contribution < 1.29 is 24.8 Å². The van der Waals surface area contributed by atoms with Crippen molar-refractivity contribution in [2.75, 3.05) is 13.7 Å². The fraction of sp³-hybridized carbons (Fsp3) is 0.818. The molecule has 1 rings (SSSR count). The average Bonchev–Trinajstić information content (AvgIpc) is 2.56. The van der Waals surface area contributed by atoms with Gasteiger partial charge in [-0.2, -0.15) is 0 Å². The Hall–Kier alpha value is -1.30. The summed E-state index contributed by atoms with van der Waals surface area (Å²) < 4.78 is 9.92. The van der Waals surface area contributed by atoms with Gasteiger partial charge in [0.05, 0.1) is 13.7 Å². The van der Waals surface area contributed by atoms with Crippen LogP contribution in [0, 0.1) is 0 Å². The number of hydrogen-bond acceptors (Lipinski definition) is 4. The van der Waals surface area contributed by atoms with Crippen molar-refractivity contribution in [3.05, 3.63) is 0 Å². The van der Waals surface area contributed by atoms with Crippen LogP contribution in [0.4, 0.5) is 4.79 Å². The number of ether oxygens (including phenoxy) is 2. The molecule has 0 aromatic carbocycles. The van der Waals surface area contributed by atoms with E-state index >= 15 is 0 Å². The molecule has 1 amide bonds. The largest absolute Gasteiger partial charge is 0.467 e. The van der Waals surface area contributed by atoms with E-state index in [0.717, 1.165) is 0 Å². The minimum atomic E-state index is -0.572. The van der Waals surface area contributed by atoms with Gasteiger partial charge in [0.15, 0.2) is 0 Å². The van der Waals surface area contributed by atoms with Gasteiger partial charge in [-0.15, -0.1) is 0 Å². The molecule has 0 spiro atoms. The lowest BCUT2D eigenvalue weighted by Gasteiger charge is -2.26. The molecule has 1 fully saturated rings. The summed E-state index contributed by atoms with van der Waals surface area (Å²) in [4.78, 5) is 24.8. The van der Waals surface area contributed by atoms with E-state index in [1.807, 2.05) is 0 Å². The van der Waals surface area contributed by atoms with Gasteiger partial charge in [-0.25, -0.2) is 9.59 Å². The highest BCUT2D eigenvalue weighted by atomic mass is 16.6. The first-order valence-electron chi connectivity index (χ1n) is 5.65. The molecule has 0 radical (unpaired) electrons. The maximum atomic E-state index is 11.9. The molecule has 1 aliphatic rings. The van der Waals surface area contributed by atoms with Crippen LogP contribution in [0.1, 0.15) is 27.2 Å². The predicted molar refractivity (Wildman–Crippen MR) is 60.0 cm³/mol. The van der Waals surface area contributed by atoms with Gasteiger partial charge < -0.3 is 15.2 Å². The Morgan fingerprint density at radius 1 is 1.35 bits per heavy atom. The Bertz CT molecular complexity index is 311. The van der Waals surface area contributed by atoms with E-state index in [2.05, 4.69) is 10.5 Å². The van der Waals surface area contributed by atoms with Crippen LogP contribution in [0.25, 0.3) is 0 Å². The number of carbonyl (C=O) groups excluding carboxylic acids is 2. The molecule has 1 aliphatic heterocycles. The molecule has 6 heteroatoms. The van der Waals surface area contributed by atoms with Crippen LogP contribution in [0.3, 0.4) is 0 Å². The van der Waals surface area contributed by atoms with Crippen LogP contribution >= 0.6 is 0 Å². The van der Waals surface area contributed by atoms with E-state index in [1.165, 1.54) is 12.0 Å². The smallest absolute Gasteiger partial charge is 0.411 e. The second-order valence-electron chi connectivity index (χ2n) is 5.27. The van der Waals surface area contributed by atoms with Crippen LogP contribution < -0.4 is 5.73 Å². The summed E-state index contributed by atoms with van der Waals surface area (Å²) in [5, 5.41) is 0. The first-order chi connectivity index (χ1) is 7.74. The topological polar surface area (TPSA) is 83.5 Å². The molecule has 1 heterocycles. The molecule has 6 nitrogen and oxygen atoms in total. The number of amides is 1. The standard InChI is InChI=1S/C11H20N2O4/c1-11(2,3)17-10(15)13-6-7(12)5-8(13)9(14)16-4/h7-8H,5-6,12H2,1-4H3/p+1/t7-,8-/m1/s1. The van der Waals surface area contributed by atoms with Crippen molar-refractivity contribution in [1.29, 1.82) is 0 Å². The lowest BCUT2D eigenvalue weighted by molar-refractivity contribution is -0.414. The Labute approximate surface area is 101 Å². The van der Waals surface area contributed by atoms with Crippen molar-refractivity contribution in [2.45, 2.75) is 44.9 Å².